The summed E-state index contributed by atoms with van der Waals surface area (Å²) in [5.41, 5.74) is 3.17. The summed E-state index contributed by atoms with van der Waals surface area (Å²) in [5.74, 6) is -0.111. The molecule has 0 unspecified atom stereocenters. The Bertz CT molecular complexity index is 1070. The van der Waals surface area contributed by atoms with Crippen LogP contribution in [0.25, 0.3) is 11.1 Å². The van der Waals surface area contributed by atoms with E-state index in [-0.39, 0.29) is 17.9 Å². The second kappa shape index (κ2) is 9.35. The van der Waals surface area contributed by atoms with Crippen LogP contribution in [0.15, 0.2) is 79.0 Å². The van der Waals surface area contributed by atoms with Gasteiger partial charge in [0.1, 0.15) is 5.69 Å². The van der Waals surface area contributed by atoms with Gasteiger partial charge in [0.05, 0.1) is 5.41 Å². The van der Waals surface area contributed by atoms with E-state index in [0.717, 1.165) is 11.1 Å². The maximum atomic E-state index is 13.3. The minimum absolute atomic E-state index is 0.0101. The van der Waals surface area contributed by atoms with Crippen LogP contribution in [-0.4, -0.2) is 40.8 Å². The van der Waals surface area contributed by atoms with E-state index in [1.54, 1.807) is 23.2 Å². The van der Waals surface area contributed by atoms with E-state index in [2.05, 4.69) is 46.7 Å². The number of hydrogen-bond acceptors (Lipinski definition) is 3. The predicted octanol–water partition coefficient (Wildman–Crippen LogP) is 4.35. The summed E-state index contributed by atoms with van der Waals surface area (Å²) < 4.78 is 0. The molecule has 0 radical (unpaired) electrons. The third kappa shape index (κ3) is 4.72. The monoisotopic (exact) mass is 427 g/mol. The van der Waals surface area contributed by atoms with Gasteiger partial charge < -0.3 is 10.2 Å². The number of aromatic nitrogens is 1. The van der Waals surface area contributed by atoms with E-state index >= 15 is 0 Å². The Balaban J connectivity index is 1.56. The molecular weight excluding hydrogens is 398 g/mol. The number of amides is 2. The summed E-state index contributed by atoms with van der Waals surface area (Å²) in [6.45, 7) is 4.86. The molecule has 1 fully saturated rings. The van der Waals surface area contributed by atoms with Gasteiger partial charge in [-0.15, -0.1) is 0 Å². The average molecular weight is 428 g/mol. The highest BCUT2D eigenvalue weighted by Crippen LogP contribution is 2.36. The third-order valence-corrected chi connectivity index (χ3v) is 6.03. The van der Waals surface area contributed by atoms with Crippen LogP contribution in [0.3, 0.4) is 0 Å². The Labute approximate surface area is 189 Å². The SMILES string of the molecule is CC(C)NC(=O)[C@@]1(Cc2ccc(-c3ccccc3)cc2)CCN(C(=O)c2ccccn2)C1. The number of nitrogens with zero attached hydrogens (tertiary/aromatic N) is 2. The van der Waals surface area contributed by atoms with Crippen molar-refractivity contribution in [1.82, 2.24) is 15.2 Å². The van der Waals surface area contributed by atoms with E-state index in [0.29, 0.717) is 31.6 Å². The van der Waals surface area contributed by atoms with Gasteiger partial charge in [-0.3, -0.25) is 14.6 Å². The summed E-state index contributed by atoms with van der Waals surface area (Å²) in [4.78, 5) is 32.2. The normalized spacial score (nSPS) is 18.0. The molecule has 0 aliphatic carbocycles. The van der Waals surface area contributed by atoms with Gasteiger partial charge in [0, 0.05) is 25.3 Å². The van der Waals surface area contributed by atoms with Gasteiger partial charge in [0.2, 0.25) is 5.91 Å². The lowest BCUT2D eigenvalue weighted by molar-refractivity contribution is -0.130. The van der Waals surface area contributed by atoms with E-state index in [1.165, 1.54) is 5.56 Å². The van der Waals surface area contributed by atoms with Crippen LogP contribution in [0.2, 0.25) is 0 Å². The van der Waals surface area contributed by atoms with Crippen LogP contribution in [0.1, 0.15) is 36.3 Å². The second-order valence-corrected chi connectivity index (χ2v) is 8.84. The van der Waals surface area contributed by atoms with Crippen molar-refractivity contribution in [1.29, 1.82) is 0 Å². The maximum absolute atomic E-state index is 13.3. The van der Waals surface area contributed by atoms with Crippen molar-refractivity contribution in [3.63, 3.8) is 0 Å². The zero-order valence-corrected chi connectivity index (χ0v) is 18.6. The molecule has 1 saturated heterocycles. The molecule has 32 heavy (non-hydrogen) atoms. The van der Waals surface area contributed by atoms with Gasteiger partial charge in [-0.25, -0.2) is 0 Å². The van der Waals surface area contributed by atoms with Gasteiger partial charge in [0.15, 0.2) is 0 Å². The first-order valence-corrected chi connectivity index (χ1v) is 11.1. The van der Waals surface area contributed by atoms with Crippen molar-refractivity contribution in [3.8, 4) is 11.1 Å². The van der Waals surface area contributed by atoms with Crippen LogP contribution >= 0.6 is 0 Å². The van der Waals surface area contributed by atoms with Crippen LogP contribution in [0.5, 0.6) is 0 Å². The third-order valence-electron chi connectivity index (χ3n) is 6.03. The molecule has 1 aliphatic rings. The smallest absolute Gasteiger partial charge is 0.272 e. The number of nitrogens with one attached hydrogen (secondary N) is 1. The Hall–Kier alpha value is -3.47. The Kier molecular flexibility index (Phi) is 6.35. The predicted molar refractivity (Wildman–Crippen MR) is 126 cm³/mol. The van der Waals surface area contributed by atoms with E-state index in [4.69, 9.17) is 0 Å². The first-order chi connectivity index (χ1) is 15.5. The van der Waals surface area contributed by atoms with Gasteiger partial charge in [-0.1, -0.05) is 60.7 Å². The maximum Gasteiger partial charge on any atom is 0.272 e. The molecule has 164 valence electrons. The summed E-state index contributed by atoms with van der Waals surface area (Å²) in [6.07, 6.45) is 2.84. The molecule has 2 amide bonds. The molecule has 2 aromatic carbocycles. The lowest BCUT2D eigenvalue weighted by atomic mass is 9.79. The molecule has 1 N–H and O–H groups in total. The number of pyridine rings is 1. The van der Waals surface area contributed by atoms with Crippen molar-refractivity contribution < 1.29 is 9.59 Å². The Morgan fingerprint density at radius 1 is 0.969 bits per heavy atom. The lowest BCUT2D eigenvalue weighted by Gasteiger charge is -2.29. The van der Waals surface area contributed by atoms with Crippen molar-refractivity contribution >= 4 is 11.8 Å². The second-order valence-electron chi connectivity index (χ2n) is 8.84. The fraction of sp³-hybridized carbons (Fsp3) is 0.296. The molecule has 3 aromatic rings. The molecule has 0 spiro atoms. The molecule has 5 nitrogen and oxygen atoms in total. The number of benzene rings is 2. The van der Waals surface area contributed by atoms with Crippen molar-refractivity contribution in [2.45, 2.75) is 32.7 Å². The zero-order chi connectivity index (χ0) is 22.6. The van der Waals surface area contributed by atoms with E-state index < -0.39 is 5.41 Å². The molecule has 1 aromatic heterocycles. The molecule has 5 heteroatoms. The average Bonchev–Trinajstić information content (AvgIpc) is 3.25. The number of carbonyl (C=O) groups excluding carboxylic acids is 2. The number of hydrogen-bond donors (Lipinski definition) is 1. The topological polar surface area (TPSA) is 62.3 Å². The molecule has 2 heterocycles. The number of carbonyl (C=O) groups is 2. The molecule has 4 rings (SSSR count). The van der Waals surface area contributed by atoms with Crippen LogP contribution in [0, 0.1) is 5.41 Å². The number of likely N-dealkylation sites (tertiary alicyclic amines) is 1. The van der Waals surface area contributed by atoms with E-state index in [9.17, 15) is 9.59 Å². The van der Waals surface area contributed by atoms with Gasteiger partial charge in [-0.2, -0.15) is 0 Å². The first-order valence-electron chi connectivity index (χ1n) is 11.1. The molecule has 1 atom stereocenters. The highest BCUT2D eigenvalue weighted by atomic mass is 16.2. The quantitative estimate of drug-likeness (QED) is 0.636. The van der Waals surface area contributed by atoms with Crippen LogP contribution in [0.4, 0.5) is 0 Å². The standard InChI is InChI=1S/C27H29N3O2/c1-20(2)29-26(32)27(15-17-30(19-27)25(31)24-10-6-7-16-28-24)18-21-11-13-23(14-12-21)22-8-4-3-5-9-22/h3-14,16,20H,15,17-19H2,1-2H3,(H,29,32)/t27-/m1/s1. The molecular formula is C27H29N3O2. The highest BCUT2D eigenvalue weighted by molar-refractivity contribution is 5.93. The molecule has 0 saturated carbocycles. The first kappa shape index (κ1) is 21.8. The van der Waals surface area contributed by atoms with Gasteiger partial charge >= 0.3 is 0 Å². The van der Waals surface area contributed by atoms with Crippen LogP contribution in [-0.2, 0) is 11.2 Å². The highest BCUT2D eigenvalue weighted by Gasteiger charge is 2.46. The fourth-order valence-electron chi connectivity index (χ4n) is 4.36. The summed E-state index contributed by atoms with van der Waals surface area (Å²) in [5, 5.41) is 3.09. The number of rotatable bonds is 6. The summed E-state index contributed by atoms with van der Waals surface area (Å²) in [7, 11) is 0. The van der Waals surface area contributed by atoms with Crippen molar-refractivity contribution in [2.75, 3.05) is 13.1 Å². The lowest BCUT2D eigenvalue weighted by Crippen LogP contribution is -2.47. The molecule has 1 aliphatic heterocycles. The molecule has 0 bridgehead atoms. The zero-order valence-electron chi connectivity index (χ0n) is 18.6. The minimum atomic E-state index is -0.650. The van der Waals surface area contributed by atoms with Crippen LogP contribution < -0.4 is 5.32 Å². The Morgan fingerprint density at radius 3 is 2.31 bits per heavy atom. The van der Waals surface area contributed by atoms with Crippen molar-refractivity contribution in [3.05, 3.63) is 90.3 Å². The van der Waals surface area contributed by atoms with Gasteiger partial charge in [0.25, 0.3) is 5.91 Å². The Morgan fingerprint density at radius 2 is 1.66 bits per heavy atom. The largest absolute Gasteiger partial charge is 0.353 e. The van der Waals surface area contributed by atoms with Crippen molar-refractivity contribution in [2.24, 2.45) is 5.41 Å². The minimum Gasteiger partial charge on any atom is -0.353 e. The van der Waals surface area contributed by atoms with Gasteiger partial charge in [-0.05, 0) is 55.5 Å². The fourth-order valence-corrected chi connectivity index (χ4v) is 4.36. The van der Waals surface area contributed by atoms with E-state index in [1.807, 2.05) is 38.1 Å². The summed E-state index contributed by atoms with van der Waals surface area (Å²) >= 11 is 0. The summed E-state index contributed by atoms with van der Waals surface area (Å²) in [6, 6.07) is 24.0.